The Balaban J connectivity index is 1.74. The van der Waals surface area contributed by atoms with E-state index >= 15 is 0 Å². The van der Waals surface area contributed by atoms with Crippen molar-refractivity contribution >= 4 is 21.8 Å². The summed E-state index contributed by atoms with van der Waals surface area (Å²) in [7, 11) is 0. The molecule has 1 amide bonds. The lowest BCUT2D eigenvalue weighted by atomic mass is 9.90. The number of halogens is 1. The van der Waals surface area contributed by atoms with Crippen molar-refractivity contribution in [2.24, 2.45) is 0 Å². The molecule has 0 aromatic heterocycles. The molecule has 21 heavy (non-hydrogen) atoms. The van der Waals surface area contributed by atoms with Crippen LogP contribution in [0, 0.1) is 0 Å². The summed E-state index contributed by atoms with van der Waals surface area (Å²) in [6.07, 6.45) is 2.23. The molecule has 0 saturated carbocycles. The van der Waals surface area contributed by atoms with Gasteiger partial charge in [-0.25, -0.2) is 0 Å². The van der Waals surface area contributed by atoms with Gasteiger partial charge in [0.05, 0.1) is 0 Å². The Morgan fingerprint density at radius 1 is 1.05 bits per heavy atom. The van der Waals surface area contributed by atoms with Gasteiger partial charge in [-0.3, -0.25) is 4.79 Å². The zero-order valence-electron chi connectivity index (χ0n) is 11.8. The summed E-state index contributed by atoms with van der Waals surface area (Å²) >= 11 is 3.41. The predicted octanol–water partition coefficient (Wildman–Crippen LogP) is 4.47. The highest BCUT2D eigenvalue weighted by atomic mass is 79.9. The molecular formula is C18H18BrNO. The van der Waals surface area contributed by atoms with Gasteiger partial charge in [-0.1, -0.05) is 46.3 Å². The molecule has 2 nitrogen and oxygen atoms in total. The number of carbonyl (C=O) groups excluding carboxylic acids is 1. The highest BCUT2D eigenvalue weighted by Gasteiger charge is 2.25. The molecule has 2 aromatic rings. The van der Waals surface area contributed by atoms with E-state index in [0.717, 1.165) is 36.0 Å². The van der Waals surface area contributed by atoms with Gasteiger partial charge in [0.1, 0.15) is 0 Å². The van der Waals surface area contributed by atoms with Crippen LogP contribution in [0.25, 0.3) is 0 Å². The molecule has 1 heterocycles. The summed E-state index contributed by atoms with van der Waals surface area (Å²) in [5.74, 6) is 0.600. The molecule has 1 aliphatic rings. The van der Waals surface area contributed by atoms with E-state index < -0.39 is 0 Å². The molecule has 1 saturated heterocycles. The minimum absolute atomic E-state index is 0.142. The zero-order valence-corrected chi connectivity index (χ0v) is 13.4. The Hall–Kier alpha value is -1.61. The van der Waals surface area contributed by atoms with Gasteiger partial charge in [-0.05, 0) is 42.7 Å². The third-order valence-corrected chi connectivity index (χ3v) is 4.60. The zero-order chi connectivity index (χ0) is 14.7. The van der Waals surface area contributed by atoms with E-state index in [1.54, 1.807) is 0 Å². The maximum Gasteiger partial charge on any atom is 0.253 e. The lowest BCUT2D eigenvalue weighted by molar-refractivity contribution is 0.0707. The Morgan fingerprint density at radius 3 is 2.48 bits per heavy atom. The summed E-state index contributed by atoms with van der Waals surface area (Å²) in [6.45, 7) is 1.68. The van der Waals surface area contributed by atoms with E-state index in [0.29, 0.717) is 5.92 Å². The van der Waals surface area contributed by atoms with Crippen LogP contribution in [-0.4, -0.2) is 23.9 Å². The van der Waals surface area contributed by atoms with Crippen molar-refractivity contribution in [1.82, 2.24) is 4.90 Å². The molecular weight excluding hydrogens is 326 g/mol. The summed E-state index contributed by atoms with van der Waals surface area (Å²) in [5, 5.41) is 0. The highest BCUT2D eigenvalue weighted by Crippen LogP contribution is 2.27. The topological polar surface area (TPSA) is 20.3 Å². The van der Waals surface area contributed by atoms with E-state index in [1.807, 2.05) is 35.2 Å². The third kappa shape index (κ3) is 3.35. The van der Waals surface area contributed by atoms with Crippen LogP contribution in [0.5, 0.6) is 0 Å². The Morgan fingerprint density at radius 2 is 1.76 bits per heavy atom. The monoisotopic (exact) mass is 343 g/mol. The number of likely N-dealkylation sites (tertiary alicyclic amines) is 1. The average Bonchev–Trinajstić information content (AvgIpc) is 2.56. The van der Waals surface area contributed by atoms with Gasteiger partial charge >= 0.3 is 0 Å². The van der Waals surface area contributed by atoms with Crippen LogP contribution in [0.1, 0.15) is 34.7 Å². The molecule has 1 fully saturated rings. The third-order valence-electron chi connectivity index (χ3n) is 4.07. The fraction of sp³-hybridized carbons (Fsp3) is 0.278. The number of carbonyl (C=O) groups is 1. The first kappa shape index (κ1) is 14.3. The van der Waals surface area contributed by atoms with E-state index in [4.69, 9.17) is 0 Å². The fourth-order valence-corrected chi connectivity index (χ4v) is 3.20. The second-order valence-electron chi connectivity index (χ2n) is 5.51. The van der Waals surface area contributed by atoms with Crippen LogP contribution in [-0.2, 0) is 0 Å². The van der Waals surface area contributed by atoms with Crippen molar-refractivity contribution in [1.29, 1.82) is 0 Å². The molecule has 3 heteroatoms. The molecule has 1 unspecified atom stereocenters. The van der Waals surface area contributed by atoms with Gasteiger partial charge in [0, 0.05) is 29.0 Å². The minimum Gasteiger partial charge on any atom is -0.338 e. The van der Waals surface area contributed by atoms with Crippen LogP contribution in [0.3, 0.4) is 0 Å². The summed E-state index contributed by atoms with van der Waals surface area (Å²) < 4.78 is 1.000. The molecule has 0 radical (unpaired) electrons. The molecule has 108 valence electrons. The van der Waals surface area contributed by atoms with Crippen LogP contribution < -0.4 is 0 Å². The van der Waals surface area contributed by atoms with Crippen molar-refractivity contribution in [3.63, 3.8) is 0 Å². The van der Waals surface area contributed by atoms with Crippen molar-refractivity contribution < 1.29 is 4.79 Å². The lowest BCUT2D eigenvalue weighted by Gasteiger charge is -2.33. The van der Waals surface area contributed by atoms with Crippen LogP contribution >= 0.6 is 15.9 Å². The van der Waals surface area contributed by atoms with Crippen molar-refractivity contribution in [2.45, 2.75) is 18.8 Å². The second kappa shape index (κ2) is 6.44. The van der Waals surface area contributed by atoms with Crippen LogP contribution in [0.4, 0.5) is 0 Å². The summed E-state index contributed by atoms with van der Waals surface area (Å²) in [4.78, 5) is 14.6. The van der Waals surface area contributed by atoms with Crippen LogP contribution in [0.2, 0.25) is 0 Å². The summed E-state index contributed by atoms with van der Waals surface area (Å²) in [6, 6.07) is 18.1. The Kier molecular flexibility index (Phi) is 4.39. The number of amides is 1. The quantitative estimate of drug-likeness (QED) is 0.787. The molecule has 0 N–H and O–H groups in total. The maximum absolute atomic E-state index is 12.6. The van der Waals surface area contributed by atoms with Gasteiger partial charge in [0.15, 0.2) is 0 Å². The molecule has 0 aliphatic carbocycles. The molecule has 2 aromatic carbocycles. The average molecular weight is 344 g/mol. The van der Waals surface area contributed by atoms with E-state index in [-0.39, 0.29) is 5.91 Å². The number of piperidine rings is 1. The molecule has 1 atom stereocenters. The largest absolute Gasteiger partial charge is 0.338 e. The molecule has 3 rings (SSSR count). The van der Waals surface area contributed by atoms with Gasteiger partial charge < -0.3 is 4.90 Å². The van der Waals surface area contributed by atoms with E-state index in [2.05, 4.69) is 40.2 Å². The fourth-order valence-electron chi connectivity index (χ4n) is 2.93. The normalized spacial score (nSPS) is 18.5. The number of nitrogens with zero attached hydrogens (tertiary/aromatic N) is 1. The van der Waals surface area contributed by atoms with Crippen LogP contribution in [0.15, 0.2) is 59.1 Å². The molecule has 0 spiro atoms. The number of rotatable bonds is 2. The van der Waals surface area contributed by atoms with E-state index in [1.165, 1.54) is 5.56 Å². The number of hydrogen-bond donors (Lipinski definition) is 0. The van der Waals surface area contributed by atoms with Crippen molar-refractivity contribution in [2.75, 3.05) is 13.1 Å². The van der Waals surface area contributed by atoms with Gasteiger partial charge in [0.2, 0.25) is 0 Å². The highest BCUT2D eigenvalue weighted by molar-refractivity contribution is 9.10. The van der Waals surface area contributed by atoms with Gasteiger partial charge in [-0.2, -0.15) is 0 Å². The predicted molar refractivity (Wildman–Crippen MR) is 88.5 cm³/mol. The Labute approximate surface area is 133 Å². The number of benzene rings is 2. The number of hydrogen-bond acceptors (Lipinski definition) is 1. The maximum atomic E-state index is 12.6. The SMILES string of the molecule is O=C(c1ccc(Br)cc1)N1CCCC(c2ccccc2)C1. The van der Waals surface area contributed by atoms with E-state index in [9.17, 15) is 4.79 Å². The van der Waals surface area contributed by atoms with Crippen molar-refractivity contribution in [3.05, 3.63) is 70.2 Å². The first-order valence-electron chi connectivity index (χ1n) is 7.34. The summed E-state index contributed by atoms with van der Waals surface area (Å²) in [5.41, 5.74) is 2.11. The molecule has 0 bridgehead atoms. The van der Waals surface area contributed by atoms with Gasteiger partial charge in [-0.15, -0.1) is 0 Å². The first-order valence-corrected chi connectivity index (χ1v) is 8.13. The molecule has 1 aliphatic heterocycles. The van der Waals surface area contributed by atoms with Crippen molar-refractivity contribution in [3.8, 4) is 0 Å². The lowest BCUT2D eigenvalue weighted by Crippen LogP contribution is -2.39. The Bertz CT molecular complexity index is 609. The second-order valence-corrected chi connectivity index (χ2v) is 6.42. The minimum atomic E-state index is 0.142. The standard InChI is InChI=1S/C18H18BrNO/c19-17-10-8-15(9-11-17)18(21)20-12-4-7-16(13-20)14-5-2-1-3-6-14/h1-3,5-6,8-11,16H,4,7,12-13H2. The van der Waals surface area contributed by atoms with Gasteiger partial charge in [0.25, 0.3) is 5.91 Å². The first-order chi connectivity index (χ1) is 10.2. The smallest absolute Gasteiger partial charge is 0.253 e.